The average Bonchev–Trinajstić information content (AvgIpc) is 3.51. The first-order valence-electron chi connectivity index (χ1n) is 16.0. The fraction of sp³-hybridized carbons (Fsp3) is 0.545. The summed E-state index contributed by atoms with van der Waals surface area (Å²) >= 11 is 0. The van der Waals surface area contributed by atoms with Gasteiger partial charge in [-0.15, -0.1) is 0 Å². The number of benzene rings is 1. The van der Waals surface area contributed by atoms with Gasteiger partial charge in [0.05, 0.1) is 41.3 Å². The number of carboxylic acid groups (broad SMARTS) is 1. The van der Waals surface area contributed by atoms with E-state index in [0.717, 1.165) is 31.4 Å². The molecule has 1 aromatic carbocycles. The Morgan fingerprint density at radius 2 is 1.63 bits per heavy atom. The third-order valence-corrected chi connectivity index (χ3v) is 9.33. The third kappa shape index (κ3) is 8.10. The van der Waals surface area contributed by atoms with E-state index in [0.29, 0.717) is 48.1 Å². The van der Waals surface area contributed by atoms with Gasteiger partial charge in [-0.1, -0.05) is 0 Å². The highest BCUT2D eigenvalue weighted by Gasteiger charge is 2.44. The van der Waals surface area contributed by atoms with E-state index in [9.17, 15) is 41.0 Å². The van der Waals surface area contributed by atoms with Crippen LogP contribution in [-0.4, -0.2) is 60.9 Å². The Labute approximate surface area is 279 Å². The van der Waals surface area contributed by atoms with Crippen LogP contribution in [0.5, 0.6) is 0 Å². The molecule has 1 saturated carbocycles. The molecule has 0 radical (unpaired) electrons. The number of carbonyl (C=O) groups is 2. The number of hydrogen-bond donors (Lipinski definition) is 1. The Balaban J connectivity index is 1.46. The normalized spacial score (nSPS) is 21.6. The number of hydrogen-bond acceptors (Lipinski definition) is 7. The predicted molar refractivity (Wildman–Crippen MR) is 165 cm³/mol. The summed E-state index contributed by atoms with van der Waals surface area (Å²) < 4.78 is 88.8. The Bertz CT molecular complexity index is 1650. The lowest BCUT2D eigenvalue weighted by molar-refractivity contribution is -0.143. The van der Waals surface area contributed by atoms with Crippen molar-refractivity contribution in [3.63, 3.8) is 0 Å². The standard InChI is InChI=1S/C33H38F6N6O4/c1-5-44(16-21-8-6-20(7-9-21)11-28(46)47)30-26(41-25(15-40-30)27-10-18(2)42-43(27)4)17-45-19(3)29(49-31(45)48)22-12-23(32(34,35)36)14-24(13-22)33(37,38)39/h10,12-15,19-21,29H,5-9,11,16-17H2,1-4H3,(H,46,47)/t19-,20?,21?,29-/m0/s1. The summed E-state index contributed by atoms with van der Waals surface area (Å²) in [4.78, 5) is 37.3. The van der Waals surface area contributed by atoms with Gasteiger partial charge in [-0.3, -0.25) is 14.4 Å². The number of aliphatic carboxylic acids is 1. The molecule has 10 nitrogen and oxygen atoms in total. The summed E-state index contributed by atoms with van der Waals surface area (Å²) in [6.07, 6.45) is -7.49. The van der Waals surface area contributed by atoms with Crippen molar-refractivity contribution < 1.29 is 45.8 Å². The molecule has 2 fully saturated rings. The highest BCUT2D eigenvalue weighted by Crippen LogP contribution is 2.41. The summed E-state index contributed by atoms with van der Waals surface area (Å²) in [7, 11) is 1.74. The van der Waals surface area contributed by atoms with Gasteiger partial charge < -0.3 is 14.7 Å². The van der Waals surface area contributed by atoms with Gasteiger partial charge in [0.25, 0.3) is 0 Å². The molecule has 3 aromatic rings. The highest BCUT2D eigenvalue weighted by atomic mass is 19.4. The number of nitrogens with zero attached hydrogens (tertiary/aromatic N) is 6. The maximum Gasteiger partial charge on any atom is 0.416 e. The minimum absolute atomic E-state index is 0.0359. The zero-order valence-electron chi connectivity index (χ0n) is 27.5. The van der Waals surface area contributed by atoms with Gasteiger partial charge in [0.2, 0.25) is 0 Å². The molecule has 49 heavy (non-hydrogen) atoms. The van der Waals surface area contributed by atoms with E-state index in [-0.39, 0.29) is 30.9 Å². The largest absolute Gasteiger partial charge is 0.481 e. The SMILES string of the molecule is CCN(CC1CCC(CC(=O)O)CC1)c1ncc(-c2cc(C)nn2C)nc1CN1C(=O)O[C@H](c2cc(C(F)(F)F)cc(C(F)(F)F)c2)[C@@H]1C. The first-order valence-corrected chi connectivity index (χ1v) is 16.0. The molecule has 0 unspecified atom stereocenters. The Kier molecular flexibility index (Phi) is 10.2. The van der Waals surface area contributed by atoms with Crippen LogP contribution in [0, 0.1) is 18.8 Å². The summed E-state index contributed by atoms with van der Waals surface area (Å²) in [5, 5.41) is 13.6. The van der Waals surface area contributed by atoms with Crippen molar-refractivity contribution in [3.8, 4) is 11.4 Å². The lowest BCUT2D eigenvalue weighted by atomic mass is 9.80. The molecule has 1 N–H and O–H groups in total. The van der Waals surface area contributed by atoms with E-state index in [2.05, 4.69) is 5.10 Å². The van der Waals surface area contributed by atoms with Crippen molar-refractivity contribution in [1.29, 1.82) is 0 Å². The fourth-order valence-corrected chi connectivity index (χ4v) is 6.77. The van der Waals surface area contributed by atoms with Crippen molar-refractivity contribution in [3.05, 3.63) is 58.5 Å². The van der Waals surface area contributed by atoms with Crippen LogP contribution in [0.2, 0.25) is 0 Å². The fourth-order valence-electron chi connectivity index (χ4n) is 6.77. The minimum Gasteiger partial charge on any atom is -0.481 e. The number of rotatable bonds is 10. The molecule has 5 rings (SSSR count). The molecule has 1 aliphatic carbocycles. The van der Waals surface area contributed by atoms with Gasteiger partial charge in [0.1, 0.15) is 17.5 Å². The highest BCUT2D eigenvalue weighted by molar-refractivity contribution is 5.71. The van der Waals surface area contributed by atoms with Gasteiger partial charge in [-0.2, -0.15) is 31.4 Å². The van der Waals surface area contributed by atoms with Gasteiger partial charge in [-0.25, -0.2) is 14.8 Å². The van der Waals surface area contributed by atoms with Gasteiger partial charge in [0.15, 0.2) is 5.82 Å². The molecule has 1 saturated heterocycles. The van der Waals surface area contributed by atoms with Crippen molar-refractivity contribution in [2.75, 3.05) is 18.0 Å². The molecule has 1 amide bonds. The number of alkyl halides is 6. The number of aryl methyl sites for hydroxylation is 2. The smallest absolute Gasteiger partial charge is 0.416 e. The molecular weight excluding hydrogens is 658 g/mol. The molecule has 16 heteroatoms. The first-order chi connectivity index (χ1) is 22.9. The maximum atomic E-state index is 13.6. The topological polar surface area (TPSA) is 114 Å². The molecule has 3 heterocycles. The van der Waals surface area contributed by atoms with Crippen LogP contribution < -0.4 is 4.90 Å². The molecule has 2 atom stereocenters. The molecule has 0 bridgehead atoms. The summed E-state index contributed by atoms with van der Waals surface area (Å²) in [6.45, 7) is 6.18. The van der Waals surface area contributed by atoms with Gasteiger partial charge in [-0.05, 0) is 88.1 Å². The van der Waals surface area contributed by atoms with Gasteiger partial charge >= 0.3 is 24.4 Å². The lowest BCUT2D eigenvalue weighted by Gasteiger charge is -2.33. The van der Waals surface area contributed by atoms with Gasteiger partial charge in [0, 0.05) is 26.6 Å². The molecular formula is C33H38F6N6O4. The van der Waals surface area contributed by atoms with Crippen LogP contribution in [0.1, 0.15) is 80.1 Å². The van der Waals surface area contributed by atoms with Crippen LogP contribution in [0.3, 0.4) is 0 Å². The van der Waals surface area contributed by atoms with E-state index in [1.807, 2.05) is 24.8 Å². The van der Waals surface area contributed by atoms with Crippen LogP contribution in [0.25, 0.3) is 11.4 Å². The number of ether oxygens (including phenoxy) is 1. The zero-order chi connectivity index (χ0) is 35.8. The van der Waals surface area contributed by atoms with E-state index in [1.165, 1.54) is 11.8 Å². The summed E-state index contributed by atoms with van der Waals surface area (Å²) in [6, 6.07) is 2.04. The number of amides is 1. The van der Waals surface area contributed by atoms with E-state index in [4.69, 9.17) is 14.7 Å². The number of cyclic esters (lactones) is 1. The molecule has 266 valence electrons. The number of carboxylic acids is 1. The lowest BCUT2D eigenvalue weighted by Crippen LogP contribution is -2.36. The van der Waals surface area contributed by atoms with Crippen LogP contribution >= 0.6 is 0 Å². The summed E-state index contributed by atoms with van der Waals surface area (Å²) in [5.74, 6) is 0.0380. The second kappa shape index (κ2) is 13.9. The number of halogens is 6. The third-order valence-electron chi connectivity index (χ3n) is 9.33. The Morgan fingerprint density at radius 3 is 2.16 bits per heavy atom. The van der Waals surface area contributed by atoms with E-state index >= 15 is 0 Å². The second-order valence-corrected chi connectivity index (χ2v) is 12.9. The van der Waals surface area contributed by atoms with Crippen molar-refractivity contribution in [1.82, 2.24) is 24.6 Å². The van der Waals surface area contributed by atoms with Crippen LogP contribution in [0.4, 0.5) is 37.0 Å². The quantitative estimate of drug-likeness (QED) is 0.218. The summed E-state index contributed by atoms with van der Waals surface area (Å²) in [5.41, 5.74) is -1.22. The maximum absolute atomic E-state index is 13.6. The number of anilines is 1. The minimum atomic E-state index is -5.06. The first kappa shape index (κ1) is 35.9. The monoisotopic (exact) mass is 696 g/mol. The van der Waals surface area contributed by atoms with Crippen LogP contribution in [-0.2, 0) is 35.5 Å². The van der Waals surface area contributed by atoms with E-state index in [1.54, 1.807) is 17.9 Å². The Morgan fingerprint density at radius 1 is 1.02 bits per heavy atom. The average molecular weight is 697 g/mol. The molecule has 2 aromatic heterocycles. The number of aromatic nitrogens is 4. The molecule has 0 spiro atoms. The predicted octanol–water partition coefficient (Wildman–Crippen LogP) is 7.41. The van der Waals surface area contributed by atoms with Crippen LogP contribution in [0.15, 0.2) is 30.5 Å². The van der Waals surface area contributed by atoms with Crippen molar-refractivity contribution in [2.24, 2.45) is 18.9 Å². The van der Waals surface area contributed by atoms with Crippen molar-refractivity contribution in [2.45, 2.75) is 83.9 Å². The zero-order valence-corrected chi connectivity index (χ0v) is 27.5. The molecule has 2 aliphatic rings. The van der Waals surface area contributed by atoms with E-state index < -0.39 is 53.3 Å². The molecule has 1 aliphatic heterocycles. The number of carbonyl (C=O) groups excluding carboxylic acids is 1. The Hall–Kier alpha value is -4.37. The second-order valence-electron chi connectivity index (χ2n) is 12.9. The van der Waals surface area contributed by atoms with Crippen molar-refractivity contribution >= 4 is 17.9 Å².